The van der Waals surface area contributed by atoms with E-state index in [9.17, 15) is 0 Å². The first-order valence-electron chi connectivity index (χ1n) is 5.88. The van der Waals surface area contributed by atoms with E-state index >= 15 is 0 Å². The molecule has 86 valence electrons. The summed E-state index contributed by atoms with van der Waals surface area (Å²) in [5.74, 6) is 5.97. The molecule has 0 aromatic carbocycles. The van der Waals surface area contributed by atoms with Crippen molar-refractivity contribution in [3.63, 3.8) is 0 Å². The largest absolute Gasteiger partial charge is 0.329 e. The van der Waals surface area contributed by atoms with E-state index in [2.05, 4.69) is 31.0 Å². The van der Waals surface area contributed by atoms with Crippen LogP contribution in [0.15, 0.2) is 0 Å². The highest BCUT2D eigenvalue weighted by atomic mass is 15.0. The van der Waals surface area contributed by atoms with Crippen LogP contribution in [0.4, 0.5) is 0 Å². The van der Waals surface area contributed by atoms with Crippen molar-refractivity contribution in [3.8, 4) is 11.8 Å². The molecule has 1 aliphatic carbocycles. The van der Waals surface area contributed by atoms with Gasteiger partial charge in [0, 0.05) is 12.1 Å². The second-order valence-corrected chi connectivity index (χ2v) is 5.43. The molecule has 2 nitrogen and oxygen atoms in total. The van der Waals surface area contributed by atoms with Crippen LogP contribution in [0.25, 0.3) is 0 Å². The van der Waals surface area contributed by atoms with Gasteiger partial charge in [-0.25, -0.2) is 0 Å². The average molecular weight is 208 g/mol. The van der Waals surface area contributed by atoms with Gasteiger partial charge >= 0.3 is 0 Å². The molecule has 0 amide bonds. The molecule has 0 aromatic heterocycles. The van der Waals surface area contributed by atoms with Crippen molar-refractivity contribution in [2.75, 3.05) is 13.1 Å². The molecular weight excluding hydrogens is 184 g/mol. The first-order chi connectivity index (χ1) is 7.04. The van der Waals surface area contributed by atoms with Gasteiger partial charge in [-0.15, -0.1) is 5.92 Å². The van der Waals surface area contributed by atoms with Crippen LogP contribution in [0.2, 0.25) is 0 Å². The maximum Gasteiger partial charge on any atom is 0.0581 e. The Morgan fingerprint density at radius 3 is 2.27 bits per heavy atom. The molecule has 0 heterocycles. The Bertz CT molecular complexity index is 247. The third-order valence-electron chi connectivity index (χ3n) is 3.68. The molecule has 0 atom stereocenters. The quantitative estimate of drug-likeness (QED) is 0.695. The van der Waals surface area contributed by atoms with Gasteiger partial charge in [0.1, 0.15) is 0 Å². The fraction of sp³-hybridized carbons (Fsp3) is 0.846. The number of rotatable bonds is 3. The van der Waals surface area contributed by atoms with E-state index in [0.29, 0.717) is 5.41 Å². The Morgan fingerprint density at radius 1 is 1.20 bits per heavy atom. The third-order valence-corrected chi connectivity index (χ3v) is 3.68. The SMILES string of the molecule is CC#CCNC1(CN)CCC(C)(C)CC1. The topological polar surface area (TPSA) is 38.0 Å². The van der Waals surface area contributed by atoms with Crippen molar-refractivity contribution in [1.29, 1.82) is 0 Å². The molecule has 2 heteroatoms. The van der Waals surface area contributed by atoms with Gasteiger partial charge in [0.25, 0.3) is 0 Å². The summed E-state index contributed by atoms with van der Waals surface area (Å²) in [6.45, 7) is 8.07. The van der Waals surface area contributed by atoms with Crippen LogP contribution in [0.1, 0.15) is 46.5 Å². The Labute approximate surface area is 94.0 Å². The van der Waals surface area contributed by atoms with Gasteiger partial charge in [0.15, 0.2) is 0 Å². The van der Waals surface area contributed by atoms with E-state index in [-0.39, 0.29) is 5.54 Å². The standard InChI is InChI=1S/C13H24N2/c1-4-5-10-15-13(11-14)8-6-12(2,3)7-9-13/h15H,6-11,14H2,1-3H3. The molecular formula is C13H24N2. The van der Waals surface area contributed by atoms with Crippen molar-refractivity contribution in [1.82, 2.24) is 5.32 Å². The van der Waals surface area contributed by atoms with Crippen LogP contribution in [0, 0.1) is 17.3 Å². The predicted molar refractivity (Wildman–Crippen MR) is 65.5 cm³/mol. The minimum atomic E-state index is 0.152. The highest BCUT2D eigenvalue weighted by Gasteiger charge is 2.36. The zero-order chi connectivity index (χ0) is 11.4. The molecule has 0 radical (unpaired) electrons. The monoisotopic (exact) mass is 208 g/mol. The van der Waals surface area contributed by atoms with Gasteiger partial charge in [-0.05, 0) is 38.0 Å². The summed E-state index contributed by atoms with van der Waals surface area (Å²) < 4.78 is 0. The summed E-state index contributed by atoms with van der Waals surface area (Å²) >= 11 is 0. The van der Waals surface area contributed by atoms with Crippen LogP contribution >= 0.6 is 0 Å². The molecule has 0 spiro atoms. The van der Waals surface area contributed by atoms with Gasteiger partial charge in [0.05, 0.1) is 6.54 Å². The summed E-state index contributed by atoms with van der Waals surface area (Å²) in [5.41, 5.74) is 6.55. The normalized spacial score (nSPS) is 22.9. The van der Waals surface area contributed by atoms with Gasteiger partial charge in [-0.2, -0.15) is 0 Å². The molecule has 1 rings (SSSR count). The lowest BCUT2D eigenvalue weighted by Crippen LogP contribution is -2.54. The predicted octanol–water partition coefficient (Wildman–Crippen LogP) is 1.90. The highest BCUT2D eigenvalue weighted by Crippen LogP contribution is 2.39. The molecule has 3 N–H and O–H groups in total. The van der Waals surface area contributed by atoms with E-state index < -0.39 is 0 Å². The summed E-state index contributed by atoms with van der Waals surface area (Å²) in [7, 11) is 0. The van der Waals surface area contributed by atoms with Gasteiger partial charge in [0.2, 0.25) is 0 Å². The maximum absolute atomic E-state index is 5.90. The van der Waals surface area contributed by atoms with Crippen molar-refractivity contribution in [2.45, 2.75) is 52.0 Å². The summed E-state index contributed by atoms with van der Waals surface area (Å²) in [5, 5.41) is 3.52. The van der Waals surface area contributed by atoms with Gasteiger partial charge < -0.3 is 5.73 Å². The van der Waals surface area contributed by atoms with Gasteiger partial charge in [-0.3, -0.25) is 5.32 Å². The van der Waals surface area contributed by atoms with E-state index in [1.807, 2.05) is 6.92 Å². The van der Waals surface area contributed by atoms with Crippen LogP contribution in [-0.4, -0.2) is 18.6 Å². The summed E-state index contributed by atoms with van der Waals surface area (Å²) in [6.07, 6.45) is 4.89. The first kappa shape index (κ1) is 12.5. The third kappa shape index (κ3) is 3.52. The minimum absolute atomic E-state index is 0.152. The molecule has 1 aliphatic rings. The van der Waals surface area contributed by atoms with Crippen molar-refractivity contribution < 1.29 is 0 Å². The van der Waals surface area contributed by atoms with Gasteiger partial charge in [-0.1, -0.05) is 19.8 Å². The Balaban J connectivity index is 2.51. The smallest absolute Gasteiger partial charge is 0.0581 e. The Morgan fingerprint density at radius 2 is 1.80 bits per heavy atom. The van der Waals surface area contributed by atoms with Crippen LogP contribution in [-0.2, 0) is 0 Å². The lowest BCUT2D eigenvalue weighted by Gasteiger charge is -2.43. The number of nitrogens with one attached hydrogen (secondary N) is 1. The Kier molecular flexibility index (Phi) is 4.19. The fourth-order valence-corrected chi connectivity index (χ4v) is 2.18. The van der Waals surface area contributed by atoms with E-state index in [1.54, 1.807) is 0 Å². The molecule has 1 saturated carbocycles. The number of hydrogen-bond acceptors (Lipinski definition) is 2. The van der Waals surface area contributed by atoms with Crippen molar-refractivity contribution >= 4 is 0 Å². The lowest BCUT2D eigenvalue weighted by atomic mass is 9.69. The molecule has 1 fully saturated rings. The molecule has 0 bridgehead atoms. The maximum atomic E-state index is 5.90. The highest BCUT2D eigenvalue weighted by molar-refractivity contribution is 5.02. The van der Waals surface area contributed by atoms with Crippen LogP contribution < -0.4 is 11.1 Å². The van der Waals surface area contributed by atoms with Crippen LogP contribution in [0.5, 0.6) is 0 Å². The minimum Gasteiger partial charge on any atom is -0.329 e. The molecule has 15 heavy (non-hydrogen) atoms. The van der Waals surface area contributed by atoms with Crippen LogP contribution in [0.3, 0.4) is 0 Å². The van der Waals surface area contributed by atoms with E-state index in [1.165, 1.54) is 25.7 Å². The zero-order valence-electron chi connectivity index (χ0n) is 10.3. The summed E-state index contributed by atoms with van der Waals surface area (Å²) in [4.78, 5) is 0. The second kappa shape index (κ2) is 5.01. The fourth-order valence-electron chi connectivity index (χ4n) is 2.18. The molecule has 0 aliphatic heterocycles. The summed E-state index contributed by atoms with van der Waals surface area (Å²) in [6, 6.07) is 0. The van der Waals surface area contributed by atoms with E-state index in [0.717, 1.165) is 13.1 Å². The average Bonchev–Trinajstić information content (AvgIpc) is 2.22. The Hall–Kier alpha value is -0.520. The zero-order valence-corrected chi connectivity index (χ0v) is 10.3. The van der Waals surface area contributed by atoms with E-state index in [4.69, 9.17) is 5.73 Å². The lowest BCUT2D eigenvalue weighted by molar-refractivity contribution is 0.144. The van der Waals surface area contributed by atoms with Crippen molar-refractivity contribution in [3.05, 3.63) is 0 Å². The molecule has 0 saturated heterocycles. The molecule has 0 aromatic rings. The van der Waals surface area contributed by atoms with Crippen molar-refractivity contribution in [2.24, 2.45) is 11.1 Å². The molecule has 0 unspecified atom stereocenters. The first-order valence-corrected chi connectivity index (χ1v) is 5.88. The number of hydrogen-bond donors (Lipinski definition) is 2. The second-order valence-electron chi connectivity index (χ2n) is 5.43. The number of nitrogens with two attached hydrogens (primary N) is 1.